The molecule has 2 N–H and O–H groups in total. The first kappa shape index (κ1) is 17.4. The van der Waals surface area contributed by atoms with Gasteiger partial charge in [0.2, 0.25) is 5.91 Å². The summed E-state index contributed by atoms with van der Waals surface area (Å²) in [5.74, 6) is -1.24. The maximum absolute atomic E-state index is 11.7. The van der Waals surface area contributed by atoms with Crippen molar-refractivity contribution in [3.63, 3.8) is 0 Å². The third-order valence-corrected chi connectivity index (χ3v) is 2.35. The molecule has 0 saturated heterocycles. The van der Waals surface area contributed by atoms with E-state index in [9.17, 15) is 14.4 Å². The number of amides is 3. The number of imide groups is 1. The summed E-state index contributed by atoms with van der Waals surface area (Å²) in [4.78, 5) is 34.9. The summed E-state index contributed by atoms with van der Waals surface area (Å²) in [6.45, 7) is 6.56. The fourth-order valence-electron chi connectivity index (χ4n) is 1.62. The zero-order valence-corrected chi connectivity index (χ0v) is 12.2. The third kappa shape index (κ3) is 10.1. The van der Waals surface area contributed by atoms with Gasteiger partial charge in [-0.05, 0) is 18.3 Å². The highest BCUT2D eigenvalue weighted by Crippen LogP contribution is 2.13. The van der Waals surface area contributed by atoms with E-state index in [4.69, 9.17) is 5.11 Å². The van der Waals surface area contributed by atoms with Crippen LogP contribution in [0.5, 0.6) is 0 Å². The Morgan fingerprint density at radius 1 is 1.11 bits per heavy atom. The number of carbonyl (C=O) groups is 3. The van der Waals surface area contributed by atoms with Crippen LogP contribution in [-0.4, -0.2) is 41.5 Å². The summed E-state index contributed by atoms with van der Waals surface area (Å²) < 4.78 is 0. The molecule has 6 nitrogen and oxygen atoms in total. The molecular formula is C13H24N2O4. The molecule has 0 atom stereocenters. The van der Waals surface area contributed by atoms with E-state index in [1.165, 1.54) is 4.90 Å². The predicted molar refractivity (Wildman–Crippen MR) is 71.7 cm³/mol. The van der Waals surface area contributed by atoms with Gasteiger partial charge in [0, 0.05) is 26.4 Å². The highest BCUT2D eigenvalue weighted by Gasteiger charge is 2.18. The van der Waals surface area contributed by atoms with Crippen LogP contribution in [0, 0.1) is 5.41 Å². The number of carbonyl (C=O) groups excluding carboxylic acids is 2. The van der Waals surface area contributed by atoms with Crippen molar-refractivity contribution in [1.29, 1.82) is 0 Å². The number of nitrogens with one attached hydrogen (secondary N) is 1. The highest BCUT2D eigenvalue weighted by atomic mass is 16.4. The fraction of sp³-hybridized carbons (Fsp3) is 0.769. The summed E-state index contributed by atoms with van der Waals surface area (Å²) >= 11 is 0. The zero-order valence-electron chi connectivity index (χ0n) is 12.2. The minimum atomic E-state index is -0.874. The van der Waals surface area contributed by atoms with Crippen molar-refractivity contribution in [3.8, 4) is 0 Å². The predicted octanol–water partition coefficient (Wildman–Crippen LogP) is 1.85. The lowest BCUT2D eigenvalue weighted by molar-refractivity contribution is -0.137. The molecule has 0 radical (unpaired) electrons. The van der Waals surface area contributed by atoms with E-state index >= 15 is 0 Å². The molecule has 0 spiro atoms. The smallest absolute Gasteiger partial charge is 0.323 e. The van der Waals surface area contributed by atoms with E-state index in [1.807, 2.05) is 20.8 Å². The van der Waals surface area contributed by atoms with Crippen LogP contribution in [0.4, 0.5) is 4.79 Å². The van der Waals surface area contributed by atoms with Gasteiger partial charge >= 0.3 is 12.0 Å². The van der Waals surface area contributed by atoms with Gasteiger partial charge in [0.15, 0.2) is 0 Å². The zero-order chi connectivity index (χ0) is 15.1. The van der Waals surface area contributed by atoms with Crippen LogP contribution in [-0.2, 0) is 9.59 Å². The molecule has 110 valence electrons. The summed E-state index contributed by atoms with van der Waals surface area (Å²) in [6, 6.07) is -0.418. The van der Waals surface area contributed by atoms with E-state index in [0.29, 0.717) is 19.4 Å². The largest absolute Gasteiger partial charge is 0.481 e. The van der Waals surface area contributed by atoms with Crippen LogP contribution >= 0.6 is 0 Å². The van der Waals surface area contributed by atoms with Crippen molar-refractivity contribution in [2.24, 2.45) is 5.41 Å². The molecule has 0 aromatic rings. The second kappa shape index (κ2) is 7.76. The van der Waals surface area contributed by atoms with Crippen molar-refractivity contribution in [1.82, 2.24) is 10.2 Å². The monoisotopic (exact) mass is 272 g/mol. The average molecular weight is 272 g/mol. The van der Waals surface area contributed by atoms with Crippen molar-refractivity contribution in [2.45, 2.75) is 46.5 Å². The molecule has 6 heteroatoms. The number of hydrogen-bond donors (Lipinski definition) is 2. The van der Waals surface area contributed by atoms with Crippen LogP contribution in [0.2, 0.25) is 0 Å². The first-order chi connectivity index (χ1) is 8.61. The van der Waals surface area contributed by atoms with Crippen molar-refractivity contribution >= 4 is 17.9 Å². The minimum Gasteiger partial charge on any atom is -0.481 e. The fourth-order valence-corrected chi connectivity index (χ4v) is 1.62. The lowest BCUT2D eigenvalue weighted by Gasteiger charge is -2.26. The number of carboxylic acid groups (broad SMARTS) is 1. The summed E-state index contributed by atoms with van der Waals surface area (Å²) in [5, 5.41) is 10.7. The molecule has 0 aliphatic rings. The summed E-state index contributed by atoms with van der Waals surface area (Å²) in [7, 11) is 1.64. The van der Waals surface area contributed by atoms with Crippen molar-refractivity contribution in [2.75, 3.05) is 13.6 Å². The Labute approximate surface area is 114 Å². The minimum absolute atomic E-state index is 0.0311. The molecule has 0 rings (SSSR count). The molecule has 0 aromatic heterocycles. The topological polar surface area (TPSA) is 86.7 Å². The Morgan fingerprint density at radius 2 is 1.63 bits per heavy atom. The van der Waals surface area contributed by atoms with Gasteiger partial charge in [-0.2, -0.15) is 0 Å². The molecule has 19 heavy (non-hydrogen) atoms. The van der Waals surface area contributed by atoms with Crippen LogP contribution in [0.3, 0.4) is 0 Å². The quantitative estimate of drug-likeness (QED) is 0.722. The van der Waals surface area contributed by atoms with Gasteiger partial charge in [-0.3, -0.25) is 14.9 Å². The van der Waals surface area contributed by atoms with Crippen LogP contribution in [0.25, 0.3) is 0 Å². The Balaban J connectivity index is 3.92. The van der Waals surface area contributed by atoms with Crippen LogP contribution in [0.1, 0.15) is 46.5 Å². The van der Waals surface area contributed by atoms with Gasteiger partial charge < -0.3 is 10.0 Å². The van der Waals surface area contributed by atoms with Gasteiger partial charge in [-0.25, -0.2) is 4.79 Å². The number of aliphatic carboxylic acids is 1. The molecule has 0 saturated carbocycles. The molecular weight excluding hydrogens is 248 g/mol. The number of nitrogens with zero attached hydrogens (tertiary/aromatic N) is 1. The first-order valence-electron chi connectivity index (χ1n) is 6.38. The lowest BCUT2D eigenvalue weighted by atomic mass is 9.96. The lowest BCUT2D eigenvalue weighted by Crippen LogP contribution is -2.43. The molecule has 3 amide bonds. The molecule has 0 aliphatic heterocycles. The first-order valence-corrected chi connectivity index (χ1v) is 6.38. The number of rotatable bonds is 6. The van der Waals surface area contributed by atoms with Crippen LogP contribution in [0.15, 0.2) is 0 Å². The second-order valence-electron chi connectivity index (χ2n) is 5.87. The molecule has 0 aromatic carbocycles. The SMILES string of the molecule is CN(CC(C)(C)C)C(=O)NC(=O)CCCCC(=O)O. The maximum atomic E-state index is 11.7. The highest BCUT2D eigenvalue weighted by molar-refractivity contribution is 5.94. The van der Waals surface area contributed by atoms with Gasteiger partial charge in [0.25, 0.3) is 0 Å². The Kier molecular flexibility index (Phi) is 7.11. The van der Waals surface area contributed by atoms with E-state index < -0.39 is 12.0 Å². The van der Waals surface area contributed by atoms with Gasteiger partial charge in [0.1, 0.15) is 0 Å². The normalized spacial score (nSPS) is 10.9. The molecule has 0 fully saturated rings. The molecule has 0 unspecified atom stereocenters. The number of carboxylic acids is 1. The van der Waals surface area contributed by atoms with E-state index in [2.05, 4.69) is 5.32 Å². The molecule has 0 aliphatic carbocycles. The van der Waals surface area contributed by atoms with Gasteiger partial charge in [-0.1, -0.05) is 20.8 Å². The van der Waals surface area contributed by atoms with Gasteiger partial charge in [-0.15, -0.1) is 0 Å². The third-order valence-electron chi connectivity index (χ3n) is 2.35. The Hall–Kier alpha value is -1.59. The number of urea groups is 1. The van der Waals surface area contributed by atoms with Crippen LogP contribution < -0.4 is 5.32 Å². The van der Waals surface area contributed by atoms with Gasteiger partial charge in [0.05, 0.1) is 0 Å². The second-order valence-corrected chi connectivity index (χ2v) is 5.87. The number of hydrogen-bond acceptors (Lipinski definition) is 3. The molecule has 0 heterocycles. The Bertz CT molecular complexity index is 334. The van der Waals surface area contributed by atoms with E-state index in [1.54, 1.807) is 7.05 Å². The summed E-state index contributed by atoms with van der Waals surface area (Å²) in [6.07, 6.45) is 1.12. The summed E-state index contributed by atoms with van der Waals surface area (Å²) in [5.41, 5.74) is -0.0311. The Morgan fingerprint density at radius 3 is 2.11 bits per heavy atom. The van der Waals surface area contributed by atoms with Crippen molar-refractivity contribution in [3.05, 3.63) is 0 Å². The maximum Gasteiger partial charge on any atom is 0.323 e. The number of unbranched alkanes of at least 4 members (excludes halogenated alkanes) is 1. The van der Waals surface area contributed by atoms with E-state index in [-0.39, 0.29) is 24.2 Å². The molecule has 0 bridgehead atoms. The average Bonchev–Trinajstić information content (AvgIpc) is 2.21. The van der Waals surface area contributed by atoms with Crippen molar-refractivity contribution < 1.29 is 19.5 Å². The van der Waals surface area contributed by atoms with E-state index in [0.717, 1.165) is 0 Å². The standard InChI is InChI=1S/C13H24N2O4/c1-13(2,3)9-15(4)12(19)14-10(16)7-5-6-8-11(17)18/h5-9H2,1-4H3,(H,17,18)(H,14,16,19).